The van der Waals surface area contributed by atoms with Gasteiger partial charge >= 0.3 is 0 Å². The van der Waals surface area contributed by atoms with Gasteiger partial charge in [0, 0.05) is 6.42 Å². The second-order valence-corrected chi connectivity index (χ2v) is 9.53. The molecule has 0 fully saturated rings. The van der Waals surface area contributed by atoms with E-state index in [1.165, 1.54) is 5.56 Å². The quantitative estimate of drug-likeness (QED) is 0.675. The number of rotatable bonds is 1. The van der Waals surface area contributed by atoms with Crippen molar-refractivity contribution in [2.45, 2.75) is 8.56 Å². The molecular weight excluding hydrogens is 336 g/mol. The third-order valence-corrected chi connectivity index (χ3v) is 2.09. The Kier molecular flexibility index (Phi) is 3.59. The lowest BCUT2D eigenvalue weighted by Gasteiger charge is -2.10. The highest BCUT2D eigenvalue weighted by Gasteiger charge is 2.17. The first-order valence-corrected chi connectivity index (χ1v) is 5.56. The van der Waals surface area contributed by atoms with Crippen molar-refractivity contribution in [3.05, 3.63) is 35.9 Å². The van der Waals surface area contributed by atoms with Crippen molar-refractivity contribution in [1.82, 2.24) is 0 Å². The second-order valence-electron chi connectivity index (χ2n) is 2.28. The van der Waals surface area contributed by atoms with E-state index in [-0.39, 0.29) is 2.14 Å². The van der Waals surface area contributed by atoms with Crippen molar-refractivity contribution in [2.24, 2.45) is 0 Å². The van der Waals surface area contributed by atoms with Gasteiger partial charge < -0.3 is 0 Å². The number of benzene rings is 1. The van der Waals surface area contributed by atoms with E-state index in [1.807, 2.05) is 18.2 Å². The van der Waals surface area contributed by atoms with E-state index < -0.39 is 0 Å². The highest BCUT2D eigenvalue weighted by atomic mass is 80.0. The summed E-state index contributed by atoms with van der Waals surface area (Å²) in [5.41, 5.74) is 1.29. The number of halogens is 3. The lowest BCUT2D eigenvalue weighted by Crippen LogP contribution is -2.03. The summed E-state index contributed by atoms with van der Waals surface area (Å²) >= 11 is 10.3. The van der Waals surface area contributed by atoms with Gasteiger partial charge in [-0.1, -0.05) is 78.1 Å². The van der Waals surface area contributed by atoms with E-state index in [1.54, 1.807) is 0 Å². The molecule has 0 spiro atoms. The minimum Gasteiger partial charge on any atom is -0.0622 e. The molecule has 0 heterocycles. The van der Waals surface area contributed by atoms with E-state index in [2.05, 4.69) is 59.9 Å². The zero-order valence-corrected chi connectivity index (χ0v) is 10.5. The molecule has 1 rings (SSSR count). The van der Waals surface area contributed by atoms with Crippen LogP contribution in [0.4, 0.5) is 0 Å². The van der Waals surface area contributed by atoms with Crippen molar-refractivity contribution in [3.8, 4) is 0 Å². The lowest BCUT2D eigenvalue weighted by atomic mass is 10.2. The van der Waals surface area contributed by atoms with Gasteiger partial charge in [0.2, 0.25) is 0 Å². The largest absolute Gasteiger partial charge is 0.139 e. The first-order valence-electron chi connectivity index (χ1n) is 3.18. The monoisotopic (exact) mass is 340 g/mol. The fourth-order valence-electron chi connectivity index (χ4n) is 0.827. The van der Waals surface area contributed by atoms with Gasteiger partial charge in [0.1, 0.15) is 2.14 Å². The Balaban J connectivity index is 2.66. The molecule has 0 aliphatic carbocycles. The highest BCUT2D eigenvalue weighted by Crippen LogP contribution is 2.36. The molecule has 0 aromatic heterocycles. The SMILES string of the molecule is BrC(Br)(Br)Cc1ccccc1. The highest BCUT2D eigenvalue weighted by molar-refractivity contribution is 9.39. The average molecular weight is 343 g/mol. The molecule has 1 aromatic rings. The first kappa shape index (κ1) is 9.75. The molecule has 0 amide bonds. The fraction of sp³-hybridized carbons (Fsp3) is 0.250. The molecule has 0 unspecified atom stereocenters. The van der Waals surface area contributed by atoms with Gasteiger partial charge in [0.05, 0.1) is 0 Å². The molecular formula is C8H7Br3. The molecule has 3 heteroatoms. The van der Waals surface area contributed by atoms with E-state index in [4.69, 9.17) is 0 Å². The summed E-state index contributed by atoms with van der Waals surface area (Å²) in [6.45, 7) is 0. The van der Waals surface area contributed by atoms with Crippen LogP contribution in [0.15, 0.2) is 30.3 Å². The normalized spacial score (nSPS) is 11.5. The molecule has 0 aliphatic heterocycles. The first-order chi connectivity index (χ1) is 5.08. The van der Waals surface area contributed by atoms with Gasteiger partial charge in [-0.05, 0) is 5.56 Å². The maximum Gasteiger partial charge on any atom is 0.139 e. The van der Waals surface area contributed by atoms with Gasteiger partial charge in [0.15, 0.2) is 0 Å². The number of alkyl halides is 3. The summed E-state index contributed by atoms with van der Waals surface area (Å²) in [5.74, 6) is 0. The van der Waals surface area contributed by atoms with Crippen molar-refractivity contribution < 1.29 is 0 Å². The van der Waals surface area contributed by atoms with Crippen molar-refractivity contribution >= 4 is 47.8 Å². The predicted molar refractivity (Wildman–Crippen MR) is 59.7 cm³/mol. The Morgan fingerprint density at radius 2 is 1.55 bits per heavy atom. The molecule has 0 atom stereocenters. The summed E-state index contributed by atoms with van der Waals surface area (Å²) in [7, 11) is 0. The molecule has 0 aliphatic rings. The summed E-state index contributed by atoms with van der Waals surface area (Å²) in [6.07, 6.45) is 0.911. The molecule has 0 saturated carbocycles. The molecule has 0 saturated heterocycles. The second kappa shape index (κ2) is 4.06. The van der Waals surface area contributed by atoms with Crippen LogP contribution < -0.4 is 0 Å². The van der Waals surface area contributed by atoms with Crippen LogP contribution in [0.25, 0.3) is 0 Å². The number of hydrogen-bond donors (Lipinski definition) is 0. The van der Waals surface area contributed by atoms with Crippen LogP contribution in [0.2, 0.25) is 0 Å². The Morgan fingerprint density at radius 1 is 1.00 bits per heavy atom. The van der Waals surface area contributed by atoms with Crippen LogP contribution in [-0.4, -0.2) is 2.14 Å². The minimum atomic E-state index is -0.158. The molecule has 60 valence electrons. The fourth-order valence-corrected chi connectivity index (χ4v) is 1.80. The maximum atomic E-state index is 3.45. The molecule has 1 aromatic carbocycles. The van der Waals surface area contributed by atoms with Crippen molar-refractivity contribution in [3.63, 3.8) is 0 Å². The van der Waals surface area contributed by atoms with E-state index in [0.29, 0.717) is 0 Å². The van der Waals surface area contributed by atoms with Crippen LogP contribution in [0, 0.1) is 0 Å². The smallest absolute Gasteiger partial charge is 0.0622 e. The van der Waals surface area contributed by atoms with Gasteiger partial charge in [-0.15, -0.1) is 0 Å². The molecule has 0 N–H and O–H groups in total. The Bertz CT molecular complexity index is 213. The summed E-state index contributed by atoms with van der Waals surface area (Å²) in [5, 5.41) is 0. The van der Waals surface area contributed by atoms with Gasteiger partial charge in [-0.25, -0.2) is 0 Å². The topological polar surface area (TPSA) is 0 Å². The predicted octanol–water partition coefficient (Wildman–Crippen LogP) is 4.07. The van der Waals surface area contributed by atoms with Gasteiger partial charge in [-0.2, -0.15) is 0 Å². The average Bonchev–Trinajstić information content (AvgIpc) is 1.85. The van der Waals surface area contributed by atoms with Crippen LogP contribution in [0.5, 0.6) is 0 Å². The molecule has 11 heavy (non-hydrogen) atoms. The van der Waals surface area contributed by atoms with Crippen molar-refractivity contribution in [2.75, 3.05) is 0 Å². The Morgan fingerprint density at radius 3 is 2.00 bits per heavy atom. The molecule has 0 bridgehead atoms. The third kappa shape index (κ3) is 4.28. The van der Waals surface area contributed by atoms with E-state index in [9.17, 15) is 0 Å². The Hall–Kier alpha value is 0.660. The number of hydrogen-bond acceptors (Lipinski definition) is 0. The summed E-state index contributed by atoms with van der Waals surface area (Å²) in [6, 6.07) is 10.3. The minimum absolute atomic E-state index is 0.158. The summed E-state index contributed by atoms with van der Waals surface area (Å²) < 4.78 is -0.158. The van der Waals surface area contributed by atoms with Crippen LogP contribution in [-0.2, 0) is 6.42 Å². The van der Waals surface area contributed by atoms with Crippen LogP contribution in [0.1, 0.15) is 5.56 Å². The van der Waals surface area contributed by atoms with Gasteiger partial charge in [0.25, 0.3) is 0 Å². The molecule has 0 radical (unpaired) electrons. The summed E-state index contributed by atoms with van der Waals surface area (Å²) in [4.78, 5) is 0. The third-order valence-electron chi connectivity index (χ3n) is 1.25. The lowest BCUT2D eigenvalue weighted by molar-refractivity contribution is 1.10. The van der Waals surface area contributed by atoms with Crippen LogP contribution in [0.3, 0.4) is 0 Å². The van der Waals surface area contributed by atoms with E-state index >= 15 is 0 Å². The molecule has 0 nitrogen and oxygen atoms in total. The van der Waals surface area contributed by atoms with E-state index in [0.717, 1.165) is 6.42 Å². The zero-order valence-electron chi connectivity index (χ0n) is 5.73. The maximum absolute atomic E-state index is 3.45. The zero-order chi connectivity index (χ0) is 8.32. The Labute approximate surface area is 91.8 Å². The standard InChI is InChI=1S/C8H7Br3/c9-8(10,11)6-7-4-2-1-3-5-7/h1-5H,6H2. The van der Waals surface area contributed by atoms with Crippen LogP contribution >= 0.6 is 47.8 Å². The van der Waals surface area contributed by atoms with Gasteiger partial charge in [-0.3, -0.25) is 0 Å². The van der Waals surface area contributed by atoms with Crippen molar-refractivity contribution in [1.29, 1.82) is 0 Å².